The molecule has 0 spiro atoms. The van der Waals surface area contributed by atoms with E-state index in [1.165, 1.54) is 4.90 Å². The Morgan fingerprint density at radius 1 is 1.42 bits per heavy atom. The minimum Gasteiger partial charge on any atom is -0.334 e. The second kappa shape index (κ2) is 5.59. The first kappa shape index (κ1) is 13.8. The topological polar surface area (TPSA) is 61.9 Å². The third-order valence-electron chi connectivity index (χ3n) is 2.53. The monoisotopic (exact) mass is 298 g/mol. The van der Waals surface area contributed by atoms with Crippen LogP contribution in [0.5, 0.6) is 0 Å². The van der Waals surface area contributed by atoms with Crippen molar-refractivity contribution in [2.75, 3.05) is 7.05 Å². The minimum atomic E-state index is -0.205. The number of H-pyrrole nitrogens is 1. The van der Waals surface area contributed by atoms with Crippen LogP contribution in [-0.4, -0.2) is 33.0 Å². The van der Waals surface area contributed by atoms with E-state index in [4.69, 9.17) is 23.2 Å². The number of hydrogen-bond acceptors (Lipinski definition) is 3. The van der Waals surface area contributed by atoms with Crippen molar-refractivity contribution in [2.24, 2.45) is 0 Å². The van der Waals surface area contributed by atoms with E-state index >= 15 is 0 Å². The maximum Gasteiger partial charge on any atom is 0.255 e. The van der Waals surface area contributed by atoms with Gasteiger partial charge in [0.05, 0.1) is 17.1 Å². The van der Waals surface area contributed by atoms with Gasteiger partial charge < -0.3 is 4.90 Å². The number of rotatable bonds is 3. The molecule has 1 amide bonds. The third-order valence-corrected chi connectivity index (χ3v) is 3.08. The number of benzene rings is 1. The van der Waals surface area contributed by atoms with Gasteiger partial charge in [0.15, 0.2) is 5.82 Å². The van der Waals surface area contributed by atoms with Gasteiger partial charge in [0, 0.05) is 12.1 Å². The number of amides is 1. The van der Waals surface area contributed by atoms with Crippen molar-refractivity contribution < 1.29 is 4.79 Å². The summed E-state index contributed by atoms with van der Waals surface area (Å²) in [5, 5.41) is 7.54. The number of aromatic nitrogens is 3. The fraction of sp³-hybridized carbons (Fsp3) is 0.250. The standard InChI is InChI=1S/C12H12Cl2N4O/c1-7-15-11(17-16-7)6-18(2)12(19)9-4-3-8(13)5-10(9)14/h3-5H,6H2,1-2H3,(H,15,16,17). The average molecular weight is 299 g/mol. The lowest BCUT2D eigenvalue weighted by atomic mass is 10.2. The van der Waals surface area contributed by atoms with Gasteiger partial charge in [0.2, 0.25) is 0 Å². The molecule has 2 aromatic rings. The zero-order chi connectivity index (χ0) is 14.0. The van der Waals surface area contributed by atoms with E-state index in [1.807, 2.05) is 0 Å². The van der Waals surface area contributed by atoms with E-state index < -0.39 is 0 Å². The van der Waals surface area contributed by atoms with Gasteiger partial charge >= 0.3 is 0 Å². The molecule has 0 unspecified atom stereocenters. The molecule has 1 N–H and O–H groups in total. The maximum absolute atomic E-state index is 12.2. The largest absolute Gasteiger partial charge is 0.334 e. The summed E-state index contributed by atoms with van der Waals surface area (Å²) in [6, 6.07) is 4.78. The molecular formula is C12H12Cl2N4O. The first-order valence-electron chi connectivity index (χ1n) is 5.56. The summed E-state index contributed by atoms with van der Waals surface area (Å²) >= 11 is 11.8. The van der Waals surface area contributed by atoms with Gasteiger partial charge in [0.1, 0.15) is 5.82 Å². The highest BCUT2D eigenvalue weighted by Gasteiger charge is 2.16. The zero-order valence-corrected chi connectivity index (χ0v) is 12.0. The van der Waals surface area contributed by atoms with Gasteiger partial charge in [-0.15, -0.1) is 0 Å². The van der Waals surface area contributed by atoms with Crippen LogP contribution in [-0.2, 0) is 6.54 Å². The Kier molecular flexibility index (Phi) is 4.07. The first-order valence-corrected chi connectivity index (χ1v) is 6.31. The number of nitrogens with zero attached hydrogens (tertiary/aromatic N) is 3. The predicted molar refractivity (Wildman–Crippen MR) is 73.4 cm³/mol. The van der Waals surface area contributed by atoms with Crippen LogP contribution >= 0.6 is 23.2 Å². The molecule has 0 saturated heterocycles. The molecule has 100 valence electrons. The molecule has 0 saturated carbocycles. The second-order valence-corrected chi connectivity index (χ2v) is 4.97. The number of aryl methyl sites for hydroxylation is 1. The summed E-state index contributed by atoms with van der Waals surface area (Å²) < 4.78 is 0. The molecule has 0 bridgehead atoms. The van der Waals surface area contributed by atoms with Crippen LogP contribution in [0.2, 0.25) is 10.0 Å². The van der Waals surface area contributed by atoms with Crippen LogP contribution in [0.4, 0.5) is 0 Å². The Bertz CT molecular complexity index is 612. The van der Waals surface area contributed by atoms with E-state index in [1.54, 1.807) is 32.2 Å². The number of carbonyl (C=O) groups is 1. The fourth-order valence-corrected chi connectivity index (χ4v) is 2.10. The molecule has 0 radical (unpaired) electrons. The van der Waals surface area contributed by atoms with Crippen molar-refractivity contribution in [3.05, 3.63) is 45.5 Å². The Balaban J connectivity index is 2.14. The van der Waals surface area contributed by atoms with Crippen LogP contribution in [0.25, 0.3) is 0 Å². The van der Waals surface area contributed by atoms with Crippen molar-refractivity contribution in [1.29, 1.82) is 0 Å². The number of hydrogen-bond donors (Lipinski definition) is 1. The molecule has 0 fully saturated rings. The number of carbonyl (C=O) groups excluding carboxylic acids is 1. The molecule has 0 aliphatic rings. The SMILES string of the molecule is Cc1nc(CN(C)C(=O)c2ccc(Cl)cc2Cl)n[nH]1. The van der Waals surface area contributed by atoms with E-state index in [0.717, 1.165) is 0 Å². The normalized spacial score (nSPS) is 10.5. The molecule has 5 nitrogen and oxygen atoms in total. The molecule has 1 aromatic carbocycles. The van der Waals surface area contributed by atoms with E-state index in [0.29, 0.717) is 33.8 Å². The number of aromatic amines is 1. The highest BCUT2D eigenvalue weighted by Crippen LogP contribution is 2.22. The highest BCUT2D eigenvalue weighted by molar-refractivity contribution is 6.36. The van der Waals surface area contributed by atoms with Gasteiger partial charge in [-0.05, 0) is 25.1 Å². The van der Waals surface area contributed by atoms with Crippen molar-refractivity contribution in [1.82, 2.24) is 20.1 Å². The number of nitrogens with one attached hydrogen (secondary N) is 1. The lowest BCUT2D eigenvalue weighted by Gasteiger charge is -2.16. The van der Waals surface area contributed by atoms with Crippen LogP contribution in [0.15, 0.2) is 18.2 Å². The summed E-state index contributed by atoms with van der Waals surface area (Å²) in [7, 11) is 1.67. The molecular weight excluding hydrogens is 287 g/mol. The van der Waals surface area contributed by atoms with Gasteiger partial charge in [-0.3, -0.25) is 9.89 Å². The van der Waals surface area contributed by atoms with Crippen molar-refractivity contribution >= 4 is 29.1 Å². The Morgan fingerprint density at radius 3 is 2.74 bits per heavy atom. The highest BCUT2D eigenvalue weighted by atomic mass is 35.5. The Labute approximate surface area is 120 Å². The summed E-state index contributed by atoms with van der Waals surface area (Å²) in [6.45, 7) is 2.11. The van der Waals surface area contributed by atoms with Crippen molar-refractivity contribution in [2.45, 2.75) is 13.5 Å². The van der Waals surface area contributed by atoms with Crippen molar-refractivity contribution in [3.63, 3.8) is 0 Å². The van der Waals surface area contributed by atoms with E-state index in [-0.39, 0.29) is 5.91 Å². The van der Waals surface area contributed by atoms with Crippen LogP contribution in [0.1, 0.15) is 22.0 Å². The van der Waals surface area contributed by atoms with Gasteiger partial charge in [0.25, 0.3) is 5.91 Å². The molecule has 0 atom stereocenters. The second-order valence-electron chi connectivity index (χ2n) is 4.12. The summed E-state index contributed by atoms with van der Waals surface area (Å²) in [5.74, 6) is 1.06. The van der Waals surface area contributed by atoms with E-state index in [9.17, 15) is 4.79 Å². The van der Waals surface area contributed by atoms with Gasteiger partial charge in [-0.1, -0.05) is 23.2 Å². The molecule has 0 aliphatic carbocycles. The third kappa shape index (κ3) is 3.24. The molecule has 2 rings (SSSR count). The van der Waals surface area contributed by atoms with Gasteiger partial charge in [-0.25, -0.2) is 4.98 Å². The zero-order valence-electron chi connectivity index (χ0n) is 10.4. The summed E-state index contributed by atoms with van der Waals surface area (Å²) in [6.07, 6.45) is 0. The van der Waals surface area contributed by atoms with E-state index in [2.05, 4.69) is 15.2 Å². The maximum atomic E-state index is 12.2. The molecule has 1 heterocycles. The molecule has 1 aromatic heterocycles. The summed E-state index contributed by atoms with van der Waals surface area (Å²) in [5.41, 5.74) is 0.404. The van der Waals surface area contributed by atoms with Gasteiger partial charge in [-0.2, -0.15) is 5.10 Å². The average Bonchev–Trinajstić information content (AvgIpc) is 2.74. The molecule has 19 heavy (non-hydrogen) atoms. The van der Waals surface area contributed by atoms with Crippen LogP contribution < -0.4 is 0 Å². The fourth-order valence-electron chi connectivity index (χ4n) is 1.61. The minimum absolute atomic E-state index is 0.205. The van der Waals surface area contributed by atoms with Crippen molar-refractivity contribution in [3.8, 4) is 0 Å². The Morgan fingerprint density at radius 2 is 2.16 bits per heavy atom. The van der Waals surface area contributed by atoms with Crippen LogP contribution in [0, 0.1) is 6.92 Å². The van der Waals surface area contributed by atoms with Crippen LogP contribution in [0.3, 0.4) is 0 Å². The Hall–Kier alpha value is -1.59. The predicted octanol–water partition coefficient (Wildman–Crippen LogP) is 2.69. The molecule has 7 heteroatoms. The smallest absolute Gasteiger partial charge is 0.255 e. The summed E-state index contributed by atoms with van der Waals surface area (Å²) in [4.78, 5) is 17.9. The number of halogens is 2. The lowest BCUT2D eigenvalue weighted by molar-refractivity contribution is 0.0782. The quantitative estimate of drug-likeness (QED) is 0.948. The lowest BCUT2D eigenvalue weighted by Crippen LogP contribution is -2.27. The first-order chi connectivity index (χ1) is 8.97. The molecule has 0 aliphatic heterocycles.